The molecule has 16 heavy (non-hydrogen) atoms. The summed E-state index contributed by atoms with van der Waals surface area (Å²) in [6.07, 6.45) is -0.969. The van der Waals surface area contributed by atoms with Crippen molar-refractivity contribution < 1.29 is 18.4 Å². The predicted molar refractivity (Wildman–Crippen MR) is 52.5 cm³/mol. The first-order valence-electron chi connectivity index (χ1n) is 4.24. The highest BCUT2D eigenvalue weighted by molar-refractivity contribution is 5.92. The van der Waals surface area contributed by atoms with Crippen LogP contribution in [-0.4, -0.2) is 12.1 Å². The van der Waals surface area contributed by atoms with E-state index in [2.05, 4.69) is 4.74 Å². The Morgan fingerprint density at radius 3 is 2.94 bits per heavy atom. The van der Waals surface area contributed by atoms with Crippen molar-refractivity contribution in [1.29, 1.82) is 0 Å². The Labute approximate surface area is 89.9 Å². The first kappa shape index (κ1) is 11.9. The van der Waals surface area contributed by atoms with Crippen LogP contribution in [0.2, 0.25) is 0 Å². The van der Waals surface area contributed by atoms with Gasteiger partial charge in [-0.25, -0.2) is 9.18 Å². The zero-order valence-corrected chi connectivity index (χ0v) is 8.11. The molecule has 1 aromatic carbocycles. The molecule has 1 amide bonds. The fourth-order valence-electron chi connectivity index (χ4n) is 0.937. The van der Waals surface area contributed by atoms with Crippen molar-refractivity contribution in [3.8, 4) is 0 Å². The van der Waals surface area contributed by atoms with E-state index in [1.807, 2.05) is 10.5 Å². The normalized spacial score (nSPS) is 11.0. The summed E-state index contributed by atoms with van der Waals surface area (Å²) in [5, 5.41) is 3.83. The maximum atomic E-state index is 12.7. The van der Waals surface area contributed by atoms with Crippen molar-refractivity contribution in [2.24, 2.45) is 10.9 Å². The molecule has 0 aliphatic heterocycles. The van der Waals surface area contributed by atoms with Gasteiger partial charge in [0.1, 0.15) is 12.4 Å². The molecule has 0 aliphatic rings. The van der Waals surface area contributed by atoms with Crippen LogP contribution < -0.4 is 11.1 Å². The highest BCUT2D eigenvalue weighted by atomic mass is 19.2. The van der Waals surface area contributed by atoms with E-state index in [4.69, 9.17) is 5.73 Å². The Bertz CT molecular complexity index is 409. The molecule has 5 nitrogen and oxygen atoms in total. The summed E-state index contributed by atoms with van der Waals surface area (Å²) in [6.45, 7) is -0.150. The lowest BCUT2D eigenvalue weighted by atomic mass is 10.2. The predicted octanol–water partition coefficient (Wildman–Crippen LogP) is 1.25. The number of carbonyl (C=O) groups is 1. The average molecular weight is 229 g/mol. The fraction of sp³-hybridized carbons (Fsp3) is 0.111. The molecule has 0 spiro atoms. The third-order valence-corrected chi connectivity index (χ3v) is 1.58. The summed E-state index contributed by atoms with van der Waals surface area (Å²) in [5.74, 6) is -1.14. The minimum Gasteiger partial charge on any atom is -0.444 e. The number of hydrogen-bond donors (Lipinski definition) is 2. The molecule has 0 atom stereocenters. The Balaban J connectivity index is 2.43. The topological polar surface area (TPSA) is 76.7 Å². The van der Waals surface area contributed by atoms with E-state index in [-0.39, 0.29) is 6.61 Å². The minimum absolute atomic E-state index is 0.150. The quantitative estimate of drug-likeness (QED) is 0.591. The molecule has 0 bridgehead atoms. The number of rotatable bonds is 2. The average Bonchev–Trinajstić information content (AvgIpc) is 2.26. The molecule has 0 unspecified atom stereocenters. The van der Waals surface area contributed by atoms with Gasteiger partial charge in [0.15, 0.2) is 0 Å². The highest BCUT2D eigenvalue weighted by Crippen LogP contribution is 2.04. The van der Waals surface area contributed by atoms with Crippen LogP contribution in [0.1, 0.15) is 5.56 Å². The smallest absolute Gasteiger partial charge is 0.414 e. The number of nitrogens with one attached hydrogen (secondary N) is 1. The van der Waals surface area contributed by atoms with Gasteiger partial charge in [-0.2, -0.15) is 0 Å². The zero-order chi connectivity index (χ0) is 12.0. The first-order valence-corrected chi connectivity index (χ1v) is 4.24. The molecule has 0 saturated carbocycles. The molecule has 3 N–H and O–H groups in total. The van der Waals surface area contributed by atoms with E-state index in [1.165, 1.54) is 18.2 Å². The molecule has 1 aromatic rings. The summed E-state index contributed by atoms with van der Waals surface area (Å²) in [5.41, 5.74) is 5.33. The van der Waals surface area contributed by atoms with Crippen LogP contribution in [0.3, 0.4) is 0 Å². The lowest BCUT2D eigenvalue weighted by molar-refractivity contribution is 0.144. The van der Waals surface area contributed by atoms with Crippen LogP contribution in [0.15, 0.2) is 29.5 Å². The van der Waals surface area contributed by atoms with Gasteiger partial charge in [-0.1, -0.05) is 21.8 Å². The molecular formula is C9H9F2N3O2. The molecule has 0 aromatic heterocycles. The van der Waals surface area contributed by atoms with Crippen molar-refractivity contribution in [3.05, 3.63) is 35.6 Å². The van der Waals surface area contributed by atoms with Gasteiger partial charge in [-0.15, -0.1) is 0 Å². The van der Waals surface area contributed by atoms with Crippen LogP contribution in [0, 0.1) is 5.82 Å². The minimum atomic E-state index is -0.969. The number of guanidine groups is 1. The maximum Gasteiger partial charge on any atom is 0.414 e. The van der Waals surface area contributed by atoms with E-state index >= 15 is 0 Å². The van der Waals surface area contributed by atoms with Gasteiger partial charge in [-0.3, -0.25) is 5.32 Å². The molecule has 7 heteroatoms. The number of carbonyl (C=O) groups excluding carboxylic acids is 1. The third kappa shape index (κ3) is 3.91. The lowest BCUT2D eigenvalue weighted by Crippen LogP contribution is -2.36. The largest absolute Gasteiger partial charge is 0.444 e. The number of benzene rings is 1. The number of halogens is 2. The van der Waals surface area contributed by atoms with Gasteiger partial charge in [0.2, 0.25) is 5.96 Å². The standard InChI is InChI=1S/C9H9F2N3O2/c10-7-3-1-2-6(4-7)5-16-9(15)13-8(12)14-11/h1-4H,5H2,(H3,12,13,14,15). The van der Waals surface area contributed by atoms with Crippen molar-refractivity contribution in [2.75, 3.05) is 0 Å². The van der Waals surface area contributed by atoms with Crippen LogP contribution in [-0.2, 0) is 11.3 Å². The monoisotopic (exact) mass is 229 g/mol. The number of alkyl carbamates (subject to hydrolysis) is 1. The number of nitrogens with zero attached hydrogens (tertiary/aromatic N) is 1. The summed E-state index contributed by atoms with van der Waals surface area (Å²) in [7, 11) is 0. The van der Waals surface area contributed by atoms with Crippen molar-refractivity contribution in [3.63, 3.8) is 0 Å². The zero-order valence-electron chi connectivity index (χ0n) is 8.11. The molecule has 0 heterocycles. The second-order valence-corrected chi connectivity index (χ2v) is 2.80. The summed E-state index contributed by atoms with van der Waals surface area (Å²) in [6, 6.07) is 5.52. The molecule has 0 fully saturated rings. The van der Waals surface area contributed by atoms with E-state index in [0.717, 1.165) is 0 Å². The summed E-state index contributed by atoms with van der Waals surface area (Å²) >= 11 is 0. The van der Waals surface area contributed by atoms with E-state index in [9.17, 15) is 13.7 Å². The first-order chi connectivity index (χ1) is 7.61. The van der Waals surface area contributed by atoms with Crippen molar-refractivity contribution >= 4 is 12.1 Å². The van der Waals surface area contributed by atoms with Crippen LogP contribution in [0.4, 0.5) is 13.7 Å². The molecule has 1 rings (SSSR count). The molecule has 86 valence electrons. The van der Waals surface area contributed by atoms with Crippen LogP contribution >= 0.6 is 0 Å². The second kappa shape index (κ2) is 5.64. The molecule has 0 saturated heterocycles. The molecule has 0 radical (unpaired) electrons. The van der Waals surface area contributed by atoms with Crippen molar-refractivity contribution in [1.82, 2.24) is 5.32 Å². The van der Waals surface area contributed by atoms with Gasteiger partial charge >= 0.3 is 6.09 Å². The fourth-order valence-corrected chi connectivity index (χ4v) is 0.937. The Morgan fingerprint density at radius 2 is 2.31 bits per heavy atom. The summed E-state index contributed by atoms with van der Waals surface area (Å²) < 4.78 is 28.8. The molecule has 0 aliphatic carbocycles. The van der Waals surface area contributed by atoms with E-state index < -0.39 is 17.9 Å². The highest BCUT2D eigenvalue weighted by Gasteiger charge is 2.04. The Morgan fingerprint density at radius 1 is 1.56 bits per heavy atom. The van der Waals surface area contributed by atoms with Gasteiger partial charge in [0.25, 0.3) is 0 Å². The Kier molecular flexibility index (Phi) is 4.19. The SMILES string of the molecule is NC(=NF)NC(=O)OCc1cccc(F)c1. The van der Waals surface area contributed by atoms with Crippen LogP contribution in [0.5, 0.6) is 0 Å². The summed E-state index contributed by atoms with van der Waals surface area (Å²) in [4.78, 5) is 10.9. The lowest BCUT2D eigenvalue weighted by Gasteiger charge is -2.05. The van der Waals surface area contributed by atoms with Crippen LogP contribution in [0.25, 0.3) is 0 Å². The van der Waals surface area contributed by atoms with Crippen molar-refractivity contribution in [2.45, 2.75) is 6.61 Å². The number of amides is 1. The van der Waals surface area contributed by atoms with E-state index in [1.54, 1.807) is 6.07 Å². The number of ether oxygens (including phenoxy) is 1. The third-order valence-electron chi connectivity index (χ3n) is 1.58. The van der Waals surface area contributed by atoms with Gasteiger partial charge in [0.05, 0.1) is 0 Å². The van der Waals surface area contributed by atoms with Gasteiger partial charge in [-0.05, 0) is 17.7 Å². The number of nitrogens with two attached hydrogens (primary N) is 1. The second-order valence-electron chi connectivity index (χ2n) is 2.80. The van der Waals surface area contributed by atoms with Gasteiger partial charge in [0, 0.05) is 0 Å². The Hall–Kier alpha value is -2.18. The maximum absolute atomic E-state index is 12.7. The number of hydrogen-bond acceptors (Lipinski definition) is 3. The van der Waals surface area contributed by atoms with E-state index in [0.29, 0.717) is 5.56 Å². The van der Waals surface area contributed by atoms with Gasteiger partial charge < -0.3 is 10.5 Å². The molecular weight excluding hydrogens is 220 g/mol.